The first-order valence-electron chi connectivity index (χ1n) is 15.2. The molecule has 2 fully saturated rings. The molecule has 4 heterocycles. The monoisotopic (exact) mass is 653 g/mol. The van der Waals surface area contributed by atoms with E-state index in [1.807, 2.05) is 18.2 Å². The van der Waals surface area contributed by atoms with Crippen LogP contribution in [0, 0.1) is 0 Å². The van der Waals surface area contributed by atoms with E-state index >= 15 is 0 Å². The first-order valence-corrected chi connectivity index (χ1v) is 16.7. The first kappa shape index (κ1) is 32.9. The minimum absolute atomic E-state index is 0.0840. The van der Waals surface area contributed by atoms with E-state index in [2.05, 4.69) is 20.2 Å². The first-order chi connectivity index (χ1) is 22.0. The van der Waals surface area contributed by atoms with E-state index in [9.17, 15) is 22.8 Å². The molecule has 0 bridgehead atoms. The topological polar surface area (TPSA) is 156 Å². The van der Waals surface area contributed by atoms with Crippen LogP contribution in [0.5, 0.6) is 5.75 Å². The van der Waals surface area contributed by atoms with Crippen molar-refractivity contribution in [1.29, 1.82) is 0 Å². The number of imidazole rings is 1. The second-order valence-electron chi connectivity index (χ2n) is 11.6. The SMILES string of the molecule is CC(C)OC(=O)[C@H](Cc1ccc(OC(=O)N2CCN(c3ccccn3)CC2)cc1)NC(=O)[C@@H]1CCCN1S(=O)(=O)c1cn(C)cn1. The number of benzene rings is 1. The molecule has 0 unspecified atom stereocenters. The van der Waals surface area contributed by atoms with Gasteiger partial charge in [0, 0.05) is 58.6 Å². The van der Waals surface area contributed by atoms with Crippen molar-refractivity contribution in [2.75, 3.05) is 37.6 Å². The minimum atomic E-state index is -4.01. The predicted molar refractivity (Wildman–Crippen MR) is 167 cm³/mol. The van der Waals surface area contributed by atoms with Gasteiger partial charge in [0.15, 0.2) is 5.03 Å². The Morgan fingerprint density at radius 3 is 2.37 bits per heavy atom. The molecule has 2 aromatic heterocycles. The van der Waals surface area contributed by atoms with E-state index in [0.29, 0.717) is 50.3 Å². The van der Waals surface area contributed by atoms with Gasteiger partial charge in [-0.3, -0.25) is 4.79 Å². The van der Waals surface area contributed by atoms with E-state index in [1.165, 1.54) is 17.1 Å². The zero-order valence-corrected chi connectivity index (χ0v) is 26.9. The van der Waals surface area contributed by atoms with Gasteiger partial charge in [0.25, 0.3) is 10.0 Å². The van der Waals surface area contributed by atoms with Crippen LogP contribution in [-0.2, 0) is 37.8 Å². The van der Waals surface area contributed by atoms with Crippen molar-refractivity contribution >= 4 is 33.8 Å². The normalized spacial score (nSPS) is 18.0. The highest BCUT2D eigenvalue weighted by molar-refractivity contribution is 7.89. The molecular weight excluding hydrogens is 614 g/mol. The molecule has 46 heavy (non-hydrogen) atoms. The van der Waals surface area contributed by atoms with Crippen LogP contribution in [0.2, 0.25) is 0 Å². The molecule has 2 amide bonds. The van der Waals surface area contributed by atoms with Gasteiger partial charge in [0.1, 0.15) is 23.7 Å². The molecule has 1 aromatic carbocycles. The molecule has 2 aliphatic heterocycles. The fraction of sp³-hybridized carbons (Fsp3) is 0.452. The maximum atomic E-state index is 13.4. The Morgan fingerprint density at radius 1 is 1.00 bits per heavy atom. The zero-order valence-electron chi connectivity index (χ0n) is 26.1. The smallest absolute Gasteiger partial charge is 0.415 e. The molecular formula is C31H39N7O7S. The summed E-state index contributed by atoms with van der Waals surface area (Å²) in [5.74, 6) is -0.0160. The van der Waals surface area contributed by atoms with E-state index in [0.717, 1.165) is 10.1 Å². The quantitative estimate of drug-likeness (QED) is 0.321. The number of amides is 2. The van der Waals surface area contributed by atoms with Crippen LogP contribution < -0.4 is 15.0 Å². The van der Waals surface area contributed by atoms with Crippen molar-refractivity contribution in [2.24, 2.45) is 7.05 Å². The summed E-state index contributed by atoms with van der Waals surface area (Å²) in [6.45, 7) is 5.84. The molecule has 5 rings (SSSR count). The Hall–Kier alpha value is -4.50. The Morgan fingerprint density at radius 2 is 1.74 bits per heavy atom. The van der Waals surface area contributed by atoms with Crippen LogP contribution >= 0.6 is 0 Å². The third kappa shape index (κ3) is 7.83. The summed E-state index contributed by atoms with van der Waals surface area (Å²) in [6, 6.07) is 10.3. The third-order valence-corrected chi connectivity index (χ3v) is 9.59. The molecule has 3 aromatic rings. The zero-order chi connectivity index (χ0) is 32.8. The molecule has 246 valence electrons. The highest BCUT2D eigenvalue weighted by atomic mass is 32.2. The number of esters is 1. The Labute approximate surface area is 268 Å². The van der Waals surface area contributed by atoms with Crippen molar-refractivity contribution in [1.82, 2.24) is 29.1 Å². The average molecular weight is 654 g/mol. The number of rotatable bonds is 10. The standard InChI is InChI=1S/C31H39N7O7S/c1-22(2)44-30(40)25(34-29(39)26-7-6-14-38(26)46(42,43)28-20-35(3)21-33-28)19-23-9-11-24(12-10-23)45-31(41)37-17-15-36(16-18-37)27-8-4-5-13-32-27/h4-5,8-13,20-22,25-26H,6-7,14-19H2,1-3H3,(H,34,39)/t25-,26-/m0/s1. The van der Waals surface area contributed by atoms with Gasteiger partial charge in [0.05, 0.1) is 12.4 Å². The number of hydrogen-bond acceptors (Lipinski definition) is 10. The molecule has 0 spiro atoms. The fourth-order valence-corrected chi connectivity index (χ4v) is 7.09. The van der Waals surface area contributed by atoms with Crippen molar-refractivity contribution in [3.63, 3.8) is 0 Å². The van der Waals surface area contributed by atoms with Crippen LogP contribution in [0.25, 0.3) is 0 Å². The van der Waals surface area contributed by atoms with Gasteiger partial charge in [-0.15, -0.1) is 0 Å². The van der Waals surface area contributed by atoms with Crippen LogP contribution in [0.4, 0.5) is 10.6 Å². The van der Waals surface area contributed by atoms with Crippen LogP contribution in [-0.4, -0.2) is 101 Å². The molecule has 2 saturated heterocycles. The van der Waals surface area contributed by atoms with Gasteiger partial charge in [-0.05, 0) is 56.5 Å². The molecule has 1 N–H and O–H groups in total. The fourth-order valence-electron chi connectivity index (χ4n) is 5.46. The minimum Gasteiger partial charge on any atom is -0.461 e. The van der Waals surface area contributed by atoms with Crippen molar-refractivity contribution in [3.8, 4) is 5.75 Å². The summed E-state index contributed by atoms with van der Waals surface area (Å²) in [6.07, 6.45) is 4.51. The number of carbonyl (C=O) groups excluding carboxylic acids is 3. The number of hydrogen-bond donors (Lipinski definition) is 1. The van der Waals surface area contributed by atoms with Crippen LogP contribution in [0.15, 0.2) is 66.2 Å². The van der Waals surface area contributed by atoms with Gasteiger partial charge < -0.3 is 29.2 Å². The summed E-state index contributed by atoms with van der Waals surface area (Å²) in [5.41, 5.74) is 0.680. The maximum Gasteiger partial charge on any atom is 0.415 e. The number of anilines is 1. The number of nitrogens with zero attached hydrogens (tertiary/aromatic N) is 6. The number of ether oxygens (including phenoxy) is 2. The van der Waals surface area contributed by atoms with Crippen molar-refractivity contribution in [3.05, 3.63) is 66.7 Å². The lowest BCUT2D eigenvalue weighted by atomic mass is 10.0. The molecule has 15 heteroatoms. The largest absolute Gasteiger partial charge is 0.461 e. The molecule has 0 aliphatic carbocycles. The van der Waals surface area contributed by atoms with E-state index in [-0.39, 0.29) is 18.0 Å². The van der Waals surface area contributed by atoms with Crippen molar-refractivity contribution in [2.45, 2.75) is 56.3 Å². The molecule has 14 nitrogen and oxygen atoms in total. The van der Waals surface area contributed by atoms with E-state index in [1.54, 1.807) is 56.3 Å². The number of aryl methyl sites for hydroxylation is 1. The van der Waals surface area contributed by atoms with Crippen LogP contribution in [0.3, 0.4) is 0 Å². The average Bonchev–Trinajstić information content (AvgIpc) is 3.72. The predicted octanol–water partition coefficient (Wildman–Crippen LogP) is 1.97. The number of pyridine rings is 1. The molecule has 0 saturated carbocycles. The van der Waals surface area contributed by atoms with Crippen molar-refractivity contribution < 1.29 is 32.3 Å². The summed E-state index contributed by atoms with van der Waals surface area (Å²) in [5, 5.41) is 2.59. The van der Waals surface area contributed by atoms with Gasteiger partial charge in [-0.25, -0.2) is 28.0 Å². The Bertz CT molecular complexity index is 1620. The second kappa shape index (κ2) is 14.3. The summed E-state index contributed by atoms with van der Waals surface area (Å²) in [7, 11) is -2.35. The maximum absolute atomic E-state index is 13.4. The van der Waals surface area contributed by atoms with Crippen LogP contribution in [0.1, 0.15) is 32.3 Å². The van der Waals surface area contributed by atoms with Gasteiger partial charge in [-0.1, -0.05) is 18.2 Å². The van der Waals surface area contributed by atoms with Gasteiger partial charge >= 0.3 is 12.1 Å². The molecule has 2 aliphatic rings. The highest BCUT2D eigenvalue weighted by Crippen LogP contribution is 2.26. The number of aromatic nitrogens is 3. The number of nitrogens with one attached hydrogen (secondary N) is 1. The third-order valence-electron chi connectivity index (χ3n) is 7.79. The van der Waals surface area contributed by atoms with Gasteiger partial charge in [0.2, 0.25) is 5.91 Å². The Balaban J connectivity index is 1.20. The number of piperazine rings is 1. The number of carbonyl (C=O) groups is 3. The second-order valence-corrected chi connectivity index (χ2v) is 13.4. The van der Waals surface area contributed by atoms with E-state index < -0.39 is 46.2 Å². The lowest BCUT2D eigenvalue weighted by molar-refractivity contribution is -0.151. The summed E-state index contributed by atoms with van der Waals surface area (Å²) in [4.78, 5) is 51.4. The lowest BCUT2D eigenvalue weighted by Gasteiger charge is -2.34. The van der Waals surface area contributed by atoms with Gasteiger partial charge in [-0.2, -0.15) is 4.31 Å². The summed E-state index contributed by atoms with van der Waals surface area (Å²) >= 11 is 0. The Kier molecular flexibility index (Phi) is 10.2. The van der Waals surface area contributed by atoms with E-state index in [4.69, 9.17) is 9.47 Å². The highest BCUT2D eigenvalue weighted by Gasteiger charge is 2.41. The molecule has 0 radical (unpaired) electrons. The number of sulfonamides is 1. The molecule has 2 atom stereocenters. The lowest BCUT2D eigenvalue weighted by Crippen LogP contribution is -2.52. The summed E-state index contributed by atoms with van der Waals surface area (Å²) < 4.78 is 40.1.